The quantitative estimate of drug-likeness (QED) is 0.500. The van der Waals surface area contributed by atoms with Gasteiger partial charge in [0, 0.05) is 12.1 Å². The van der Waals surface area contributed by atoms with Crippen molar-refractivity contribution in [1.82, 2.24) is 0 Å². The van der Waals surface area contributed by atoms with Gasteiger partial charge in [-0.15, -0.1) is 0 Å². The van der Waals surface area contributed by atoms with Crippen molar-refractivity contribution in [1.29, 1.82) is 0 Å². The highest BCUT2D eigenvalue weighted by Gasteiger charge is 1.97. The molecule has 0 N–H and O–H groups in total. The molecule has 1 heterocycles. The van der Waals surface area contributed by atoms with Gasteiger partial charge in [0.05, 0.1) is 0 Å². The number of pyridine rings is 1. The molecule has 0 spiro atoms. The molecule has 1 aromatic carbocycles. The van der Waals surface area contributed by atoms with E-state index >= 15 is 0 Å². The highest BCUT2D eigenvalue weighted by Crippen LogP contribution is 2.06. The topological polar surface area (TPSA) is 3.88 Å². The van der Waals surface area contributed by atoms with Crippen molar-refractivity contribution in [2.45, 2.75) is 6.42 Å². The molecule has 0 aliphatic carbocycles. The van der Waals surface area contributed by atoms with E-state index in [1.807, 2.05) is 7.05 Å². The van der Waals surface area contributed by atoms with E-state index in [4.69, 9.17) is 0 Å². The summed E-state index contributed by atoms with van der Waals surface area (Å²) in [5.41, 5.74) is 2.72. The molecule has 0 atom stereocenters. The van der Waals surface area contributed by atoms with Crippen molar-refractivity contribution < 1.29 is 28.5 Å². The second kappa shape index (κ2) is 5.85. The summed E-state index contributed by atoms with van der Waals surface area (Å²) in [6.45, 7) is 0. The van der Waals surface area contributed by atoms with Gasteiger partial charge in [0.1, 0.15) is 7.05 Å². The molecule has 15 heavy (non-hydrogen) atoms. The van der Waals surface area contributed by atoms with Crippen LogP contribution < -0.4 is 28.5 Å². The first kappa shape index (κ1) is 12.2. The van der Waals surface area contributed by atoms with Crippen LogP contribution in [0.5, 0.6) is 0 Å². The molecular weight excluding hydrogens is 297 g/mol. The fourth-order valence-corrected chi connectivity index (χ4v) is 1.48. The number of rotatable bonds is 2. The Morgan fingerprint density at radius 1 is 0.867 bits per heavy atom. The summed E-state index contributed by atoms with van der Waals surface area (Å²) in [6.07, 6.45) is 5.18. The molecule has 0 unspecified atom stereocenters. The second-order valence-electron chi connectivity index (χ2n) is 3.53. The zero-order chi connectivity index (χ0) is 9.80. The van der Waals surface area contributed by atoms with Gasteiger partial charge in [-0.25, -0.2) is 4.57 Å². The lowest BCUT2D eigenvalue weighted by Gasteiger charge is -1.99. The van der Waals surface area contributed by atoms with Crippen LogP contribution in [-0.2, 0) is 13.5 Å². The van der Waals surface area contributed by atoms with Crippen molar-refractivity contribution in [2.75, 3.05) is 0 Å². The number of benzene rings is 1. The molecule has 0 bridgehead atoms. The molecule has 0 amide bonds. The standard InChI is InChI=1S/C13H14N.HI/c1-14-9-7-13(8-10-14)11-12-5-3-2-4-6-12;/h2-10H,11H2,1H3;1H/q+1;/p-1. The Balaban J connectivity index is 0.00000112. The highest BCUT2D eigenvalue weighted by molar-refractivity contribution is 5.23. The molecule has 1 nitrogen and oxygen atoms in total. The summed E-state index contributed by atoms with van der Waals surface area (Å²) in [7, 11) is 2.03. The van der Waals surface area contributed by atoms with Crippen molar-refractivity contribution in [3.8, 4) is 0 Å². The van der Waals surface area contributed by atoms with Gasteiger partial charge in [0.25, 0.3) is 0 Å². The predicted octanol–water partition coefficient (Wildman–Crippen LogP) is -0.894. The molecule has 0 saturated heterocycles. The van der Waals surface area contributed by atoms with E-state index in [2.05, 4.69) is 59.4 Å². The lowest BCUT2D eigenvalue weighted by molar-refractivity contribution is -0.671. The number of nitrogens with zero attached hydrogens (tertiary/aromatic N) is 1. The maximum atomic E-state index is 2.16. The molecule has 2 aromatic rings. The molecule has 0 fully saturated rings. The van der Waals surface area contributed by atoms with Crippen LogP contribution in [0.25, 0.3) is 0 Å². The number of hydrogen-bond acceptors (Lipinski definition) is 0. The normalized spacial score (nSPS) is 9.40. The average Bonchev–Trinajstić information content (AvgIpc) is 2.23. The SMILES string of the molecule is C[n+]1ccc(Cc2ccccc2)cc1.[I-]. The van der Waals surface area contributed by atoms with Crippen LogP contribution in [0.15, 0.2) is 54.9 Å². The monoisotopic (exact) mass is 311 g/mol. The van der Waals surface area contributed by atoms with Gasteiger partial charge in [0.15, 0.2) is 12.4 Å². The van der Waals surface area contributed by atoms with Gasteiger partial charge in [-0.1, -0.05) is 30.3 Å². The minimum Gasteiger partial charge on any atom is -1.00 e. The molecular formula is C13H14IN. The molecule has 2 rings (SSSR count). The van der Waals surface area contributed by atoms with Crippen molar-refractivity contribution in [2.24, 2.45) is 7.05 Å². The smallest absolute Gasteiger partial charge is 0.168 e. The number of hydrogen-bond donors (Lipinski definition) is 0. The van der Waals surface area contributed by atoms with E-state index in [0.29, 0.717) is 0 Å². The molecule has 78 valence electrons. The molecule has 0 aliphatic heterocycles. The summed E-state index contributed by atoms with van der Waals surface area (Å²) < 4.78 is 2.05. The summed E-state index contributed by atoms with van der Waals surface area (Å²) in [6, 6.07) is 14.9. The Labute approximate surface area is 108 Å². The van der Waals surface area contributed by atoms with Crippen molar-refractivity contribution >= 4 is 0 Å². The largest absolute Gasteiger partial charge is 1.00 e. The van der Waals surface area contributed by atoms with Crippen LogP contribution in [0.3, 0.4) is 0 Å². The van der Waals surface area contributed by atoms with Crippen LogP contribution in [0.2, 0.25) is 0 Å². The van der Waals surface area contributed by atoms with Crippen molar-refractivity contribution in [3.05, 3.63) is 66.0 Å². The van der Waals surface area contributed by atoms with E-state index < -0.39 is 0 Å². The van der Waals surface area contributed by atoms with Gasteiger partial charge < -0.3 is 24.0 Å². The predicted molar refractivity (Wildman–Crippen MR) is 56.9 cm³/mol. The maximum Gasteiger partial charge on any atom is 0.168 e. The fraction of sp³-hybridized carbons (Fsp3) is 0.154. The first-order valence-corrected chi connectivity index (χ1v) is 4.83. The minimum absolute atomic E-state index is 0. The van der Waals surface area contributed by atoms with Gasteiger partial charge >= 0.3 is 0 Å². The van der Waals surface area contributed by atoms with Gasteiger partial charge in [0.2, 0.25) is 0 Å². The van der Waals surface area contributed by atoms with Crippen LogP contribution in [-0.4, -0.2) is 0 Å². The van der Waals surface area contributed by atoms with Crippen LogP contribution in [0.4, 0.5) is 0 Å². The highest BCUT2D eigenvalue weighted by atomic mass is 127. The first-order chi connectivity index (χ1) is 6.84. The molecule has 1 aromatic heterocycles. The third kappa shape index (κ3) is 3.63. The van der Waals surface area contributed by atoms with E-state index in [0.717, 1.165) is 6.42 Å². The Hall–Kier alpha value is -0.900. The van der Waals surface area contributed by atoms with Crippen LogP contribution >= 0.6 is 0 Å². The molecule has 0 aliphatic rings. The fourth-order valence-electron chi connectivity index (χ4n) is 1.48. The summed E-state index contributed by atoms with van der Waals surface area (Å²) in [5, 5.41) is 0. The summed E-state index contributed by atoms with van der Waals surface area (Å²) >= 11 is 0. The molecule has 0 radical (unpaired) electrons. The Morgan fingerprint density at radius 2 is 1.40 bits per heavy atom. The Morgan fingerprint density at radius 3 is 2.00 bits per heavy atom. The first-order valence-electron chi connectivity index (χ1n) is 4.83. The van der Waals surface area contributed by atoms with Crippen LogP contribution in [0.1, 0.15) is 11.1 Å². The zero-order valence-corrected chi connectivity index (χ0v) is 10.9. The number of aryl methyl sites for hydroxylation is 1. The van der Waals surface area contributed by atoms with Gasteiger partial charge in [-0.2, -0.15) is 0 Å². The van der Waals surface area contributed by atoms with E-state index in [9.17, 15) is 0 Å². The van der Waals surface area contributed by atoms with Gasteiger partial charge in [-0.05, 0) is 17.5 Å². The zero-order valence-electron chi connectivity index (χ0n) is 8.73. The number of aromatic nitrogens is 1. The second-order valence-corrected chi connectivity index (χ2v) is 3.53. The maximum absolute atomic E-state index is 2.16. The number of halogens is 1. The van der Waals surface area contributed by atoms with E-state index in [1.165, 1.54) is 11.1 Å². The molecule has 0 saturated carbocycles. The lowest BCUT2D eigenvalue weighted by atomic mass is 10.1. The van der Waals surface area contributed by atoms with E-state index in [1.54, 1.807) is 0 Å². The van der Waals surface area contributed by atoms with Crippen LogP contribution in [0, 0.1) is 0 Å². The minimum atomic E-state index is 0. The van der Waals surface area contributed by atoms with Gasteiger partial charge in [-0.3, -0.25) is 0 Å². The summed E-state index contributed by atoms with van der Waals surface area (Å²) in [4.78, 5) is 0. The molecule has 2 heteroatoms. The lowest BCUT2D eigenvalue weighted by Crippen LogP contribution is -3.00. The third-order valence-electron chi connectivity index (χ3n) is 2.30. The Bertz CT molecular complexity index is 395. The third-order valence-corrected chi connectivity index (χ3v) is 2.30. The van der Waals surface area contributed by atoms with E-state index in [-0.39, 0.29) is 24.0 Å². The van der Waals surface area contributed by atoms with Crippen molar-refractivity contribution in [3.63, 3.8) is 0 Å². The Kier molecular flexibility index (Phi) is 4.75. The average molecular weight is 311 g/mol. The summed E-state index contributed by atoms with van der Waals surface area (Å²) in [5.74, 6) is 0.